The van der Waals surface area contributed by atoms with Gasteiger partial charge in [0.25, 0.3) is 0 Å². The van der Waals surface area contributed by atoms with E-state index < -0.39 is 67.3 Å². The van der Waals surface area contributed by atoms with Crippen molar-refractivity contribution in [1.29, 1.82) is 0 Å². The average molecular weight is 1160 g/mol. The van der Waals surface area contributed by atoms with Crippen molar-refractivity contribution >= 4 is 23.9 Å². The predicted molar refractivity (Wildman–Crippen MR) is 340 cm³/mol. The second-order valence-electron chi connectivity index (χ2n) is 21.3. The third-order valence-electron chi connectivity index (χ3n) is 13.7. The highest BCUT2D eigenvalue weighted by molar-refractivity contribution is 5.74. The highest BCUT2D eigenvalue weighted by Gasteiger charge is 2.50. The van der Waals surface area contributed by atoms with E-state index in [4.69, 9.17) is 23.7 Å². The fraction of sp³-hybridized carbons (Fsp3) is 0.634. The maximum Gasteiger partial charge on any atom is 0.335 e. The first-order chi connectivity index (χ1) is 40.6. The Morgan fingerprint density at radius 2 is 0.795 bits per heavy atom. The molecule has 468 valence electrons. The number of aliphatic hydroxyl groups excluding tert-OH is 2. The molecule has 0 amide bonds. The smallest absolute Gasteiger partial charge is 0.335 e. The van der Waals surface area contributed by atoms with E-state index in [9.17, 15) is 34.5 Å². The summed E-state index contributed by atoms with van der Waals surface area (Å²) in [6.45, 7) is 5.70. The van der Waals surface area contributed by atoms with Crippen molar-refractivity contribution in [3.8, 4) is 0 Å². The van der Waals surface area contributed by atoms with Gasteiger partial charge in [0.05, 0.1) is 13.0 Å². The number of carboxylic acid groups (broad SMARTS) is 1. The van der Waals surface area contributed by atoms with Crippen LogP contribution >= 0.6 is 0 Å². The van der Waals surface area contributed by atoms with E-state index in [0.717, 1.165) is 109 Å². The number of aliphatic hydroxyl groups is 2. The van der Waals surface area contributed by atoms with E-state index in [-0.39, 0.29) is 25.9 Å². The number of esters is 3. The summed E-state index contributed by atoms with van der Waals surface area (Å²) in [5.41, 5.74) is 0. The quantitative estimate of drug-likeness (QED) is 0.0228. The van der Waals surface area contributed by atoms with Gasteiger partial charge in [-0.1, -0.05) is 238 Å². The highest BCUT2D eigenvalue weighted by atomic mass is 16.7. The van der Waals surface area contributed by atoms with Crippen LogP contribution < -0.4 is 0 Å². The molecule has 0 aromatic carbocycles. The molecule has 1 aliphatic heterocycles. The number of rotatable bonds is 53. The van der Waals surface area contributed by atoms with Crippen molar-refractivity contribution in [2.45, 2.75) is 276 Å². The Morgan fingerprint density at radius 1 is 0.422 bits per heavy atom. The minimum atomic E-state index is -1.95. The molecule has 0 aliphatic carbocycles. The maximum absolute atomic E-state index is 13.2. The van der Waals surface area contributed by atoms with Crippen LogP contribution in [0.25, 0.3) is 0 Å². The number of carboxylic acids is 1. The van der Waals surface area contributed by atoms with Crippen LogP contribution in [0.3, 0.4) is 0 Å². The van der Waals surface area contributed by atoms with Gasteiger partial charge < -0.3 is 39.0 Å². The van der Waals surface area contributed by atoms with E-state index in [1.807, 2.05) is 12.2 Å². The summed E-state index contributed by atoms with van der Waals surface area (Å²) in [5, 5.41) is 31.5. The summed E-state index contributed by atoms with van der Waals surface area (Å²) in [6, 6.07) is 0. The lowest BCUT2D eigenvalue weighted by Crippen LogP contribution is -2.61. The zero-order chi connectivity index (χ0) is 60.3. The molecule has 12 heteroatoms. The molecule has 0 radical (unpaired) electrons. The third kappa shape index (κ3) is 46.9. The van der Waals surface area contributed by atoms with Crippen LogP contribution in [0.2, 0.25) is 0 Å². The van der Waals surface area contributed by atoms with Gasteiger partial charge in [-0.05, 0) is 116 Å². The van der Waals surface area contributed by atoms with Gasteiger partial charge in [-0.2, -0.15) is 0 Å². The lowest BCUT2D eigenvalue weighted by molar-refractivity contribution is -0.301. The minimum absolute atomic E-state index is 0.136. The summed E-state index contributed by atoms with van der Waals surface area (Å²) >= 11 is 0. The molecule has 0 bridgehead atoms. The molecule has 0 aromatic heterocycles. The van der Waals surface area contributed by atoms with Crippen molar-refractivity contribution in [3.63, 3.8) is 0 Å². The number of carbonyl (C=O) groups excluding carboxylic acids is 3. The lowest BCUT2D eigenvalue weighted by atomic mass is 9.98. The Labute approximate surface area is 502 Å². The average Bonchev–Trinajstić information content (AvgIpc) is 3.58. The van der Waals surface area contributed by atoms with Gasteiger partial charge in [-0.15, -0.1) is 0 Å². The van der Waals surface area contributed by atoms with Crippen LogP contribution in [0.15, 0.2) is 134 Å². The van der Waals surface area contributed by atoms with E-state index >= 15 is 0 Å². The van der Waals surface area contributed by atoms with E-state index in [1.165, 1.54) is 70.6 Å². The largest absolute Gasteiger partial charge is 0.479 e. The number of hydrogen-bond donors (Lipinski definition) is 3. The van der Waals surface area contributed by atoms with Gasteiger partial charge in [-0.3, -0.25) is 14.4 Å². The van der Waals surface area contributed by atoms with Gasteiger partial charge in [-0.25, -0.2) is 4.79 Å². The first kappa shape index (κ1) is 75.9. The van der Waals surface area contributed by atoms with Crippen LogP contribution in [-0.4, -0.2) is 89.2 Å². The molecule has 12 nitrogen and oxygen atoms in total. The van der Waals surface area contributed by atoms with E-state index in [2.05, 4.69) is 130 Å². The van der Waals surface area contributed by atoms with Gasteiger partial charge in [0.15, 0.2) is 24.6 Å². The molecule has 1 rings (SSSR count). The summed E-state index contributed by atoms with van der Waals surface area (Å²) < 4.78 is 28.4. The van der Waals surface area contributed by atoms with E-state index in [1.54, 1.807) is 12.2 Å². The fourth-order valence-electron chi connectivity index (χ4n) is 8.88. The first-order valence-electron chi connectivity index (χ1n) is 32.2. The molecule has 0 aromatic rings. The van der Waals surface area contributed by atoms with Crippen molar-refractivity contribution in [3.05, 3.63) is 134 Å². The van der Waals surface area contributed by atoms with Gasteiger partial charge >= 0.3 is 23.9 Å². The Balaban J connectivity index is 2.74. The monoisotopic (exact) mass is 1160 g/mol. The van der Waals surface area contributed by atoms with Crippen molar-refractivity contribution < 1.29 is 58.2 Å². The molecule has 0 spiro atoms. The zero-order valence-electron chi connectivity index (χ0n) is 51.6. The Kier molecular flexibility index (Phi) is 52.4. The number of unbranched alkanes of at least 4 members (excludes halogenated alkanes) is 18. The molecule has 1 saturated heterocycles. The molecule has 1 heterocycles. The highest BCUT2D eigenvalue weighted by Crippen LogP contribution is 2.26. The third-order valence-corrected chi connectivity index (χ3v) is 13.7. The molecule has 6 unspecified atom stereocenters. The molecule has 0 saturated carbocycles. The number of allylic oxidation sites excluding steroid dienone is 21. The van der Waals surface area contributed by atoms with Crippen LogP contribution in [0.4, 0.5) is 0 Å². The van der Waals surface area contributed by atoms with Crippen LogP contribution in [0.1, 0.15) is 239 Å². The number of carbonyl (C=O) groups is 4. The predicted octanol–water partition coefficient (Wildman–Crippen LogP) is 17.3. The number of hydrogen-bond acceptors (Lipinski definition) is 11. The van der Waals surface area contributed by atoms with E-state index in [0.29, 0.717) is 19.3 Å². The van der Waals surface area contributed by atoms with Crippen LogP contribution in [-0.2, 0) is 42.9 Å². The molecular formula is C71H112O12. The molecule has 3 N–H and O–H groups in total. The molecule has 1 aliphatic rings. The SMILES string of the molecule is CC/C=C\C/C=C\C/C=C\C/C=C\C/C=C\CCCCCC(=O)OCC(COC1OC(C(=O)O)C(O)C(O)C1OC(=O)C/C=C\C/C=C\C/C=C\C/C=C\C/C=C\CC)OC(=O)CCCCCCCCCCC/C=C\CCCCCCCC. The first-order valence-corrected chi connectivity index (χ1v) is 32.2. The normalized spacial score (nSPS) is 18.5. The summed E-state index contributed by atoms with van der Waals surface area (Å²) in [7, 11) is 0. The van der Waals surface area contributed by atoms with Crippen molar-refractivity contribution in [1.82, 2.24) is 0 Å². The van der Waals surface area contributed by atoms with Crippen molar-refractivity contribution in [2.75, 3.05) is 13.2 Å². The zero-order valence-corrected chi connectivity index (χ0v) is 51.6. The van der Waals surface area contributed by atoms with Crippen LogP contribution in [0, 0.1) is 0 Å². The molecule has 6 atom stereocenters. The van der Waals surface area contributed by atoms with Gasteiger partial charge in [0.1, 0.15) is 18.8 Å². The van der Waals surface area contributed by atoms with Gasteiger partial charge in [0.2, 0.25) is 0 Å². The number of aliphatic carboxylic acids is 1. The second-order valence-corrected chi connectivity index (χ2v) is 21.3. The molecule has 83 heavy (non-hydrogen) atoms. The standard InChI is InChI=1S/C71H112O12/c1-4-7-10-13-16-19-22-25-28-30-32-34-37-39-42-45-48-51-54-57-63(72)79-60-62(81-64(73)58-55-52-49-46-43-41-38-35-33-31-29-26-23-20-17-14-11-8-5-2)61-80-71-69(67(76)66(75)68(83-71)70(77)78)82-65(74)59-56-53-50-47-44-40-36-27-24-21-18-15-12-9-6-3/h7,9-10,12,16,18-19,21,25-29,32,34,36,39,42,44,47,53,56,62,66-69,71,75-76H,4-6,8,11,13-15,17,20,22-24,30-31,33,35,37-38,40-41,43,45-46,48-52,54-55,57-61H2,1-3H3,(H,77,78)/b10-7-,12-9-,19-16-,21-18-,28-25-,29-26-,34-32-,36-27-,42-39-,47-44-,56-53-. The Morgan fingerprint density at radius 3 is 1.24 bits per heavy atom. The summed E-state index contributed by atoms with van der Waals surface area (Å²) in [5.74, 6) is -3.34. The van der Waals surface area contributed by atoms with Gasteiger partial charge in [0, 0.05) is 12.8 Å². The summed E-state index contributed by atoms with van der Waals surface area (Å²) in [6.07, 6.45) is 68.7. The topological polar surface area (TPSA) is 175 Å². The lowest BCUT2D eigenvalue weighted by Gasteiger charge is -2.40. The fourth-order valence-corrected chi connectivity index (χ4v) is 8.88. The number of ether oxygens (including phenoxy) is 5. The minimum Gasteiger partial charge on any atom is -0.479 e. The Hall–Kier alpha value is -5.14. The Bertz CT molecular complexity index is 1950. The maximum atomic E-state index is 13.2. The molecule has 1 fully saturated rings. The van der Waals surface area contributed by atoms with Crippen LogP contribution in [0.5, 0.6) is 0 Å². The second kappa shape index (κ2) is 57.3. The summed E-state index contributed by atoms with van der Waals surface area (Å²) in [4.78, 5) is 51.3. The molecular weight excluding hydrogens is 1040 g/mol. The van der Waals surface area contributed by atoms with Crippen molar-refractivity contribution in [2.24, 2.45) is 0 Å².